The Labute approximate surface area is 109 Å². The molecule has 2 saturated heterocycles. The third-order valence-electron chi connectivity index (χ3n) is 4.15. The van der Waals surface area contributed by atoms with Crippen molar-refractivity contribution >= 4 is 0 Å². The van der Waals surface area contributed by atoms with E-state index in [4.69, 9.17) is 4.84 Å². The highest BCUT2D eigenvalue weighted by Crippen LogP contribution is 2.26. The van der Waals surface area contributed by atoms with Gasteiger partial charge in [0.2, 0.25) is 0 Å². The second-order valence-electron chi connectivity index (χ2n) is 5.45. The number of rotatable bonds is 4. The molecule has 1 aromatic rings. The Balaban J connectivity index is 1.41. The van der Waals surface area contributed by atoms with E-state index in [-0.39, 0.29) is 0 Å². The van der Waals surface area contributed by atoms with E-state index < -0.39 is 0 Å². The molecule has 2 fully saturated rings. The second kappa shape index (κ2) is 5.83. The number of nitrogens with one attached hydrogen (secondary N) is 1. The number of hydrogen-bond donors (Lipinski definition) is 1. The van der Waals surface area contributed by atoms with Crippen LogP contribution in [-0.4, -0.2) is 30.1 Å². The van der Waals surface area contributed by atoms with Crippen LogP contribution in [0, 0.1) is 0 Å². The van der Waals surface area contributed by atoms with E-state index in [0.29, 0.717) is 12.6 Å². The van der Waals surface area contributed by atoms with Crippen LogP contribution in [0.3, 0.4) is 0 Å². The van der Waals surface area contributed by atoms with Gasteiger partial charge in [-0.05, 0) is 44.3 Å². The molecule has 2 heterocycles. The maximum Gasteiger partial charge on any atom is 0.0933 e. The lowest BCUT2D eigenvalue weighted by molar-refractivity contribution is -0.0168. The molecule has 2 atom stereocenters. The highest BCUT2D eigenvalue weighted by atomic mass is 16.6. The molecule has 3 heteroatoms. The van der Waals surface area contributed by atoms with E-state index >= 15 is 0 Å². The summed E-state index contributed by atoms with van der Waals surface area (Å²) < 4.78 is 0. The van der Waals surface area contributed by atoms with Crippen LogP contribution in [0.1, 0.15) is 31.2 Å². The van der Waals surface area contributed by atoms with Gasteiger partial charge in [-0.25, -0.2) is 0 Å². The fraction of sp³-hybridized carbons (Fsp3) is 0.600. The Morgan fingerprint density at radius 2 is 2.06 bits per heavy atom. The van der Waals surface area contributed by atoms with Crippen molar-refractivity contribution in [2.24, 2.45) is 0 Å². The van der Waals surface area contributed by atoms with Gasteiger partial charge in [-0.15, -0.1) is 0 Å². The monoisotopic (exact) mass is 246 g/mol. The first kappa shape index (κ1) is 12.2. The van der Waals surface area contributed by atoms with E-state index in [1.54, 1.807) is 0 Å². The molecule has 1 N–H and O–H groups in total. The van der Waals surface area contributed by atoms with Crippen LogP contribution >= 0.6 is 0 Å². The lowest BCUT2D eigenvalue weighted by atomic mass is 9.98. The average molecular weight is 246 g/mol. The van der Waals surface area contributed by atoms with Crippen molar-refractivity contribution < 1.29 is 4.84 Å². The number of hydroxylamine groups is 1. The van der Waals surface area contributed by atoms with Gasteiger partial charge in [0.15, 0.2) is 0 Å². The third kappa shape index (κ3) is 2.91. The van der Waals surface area contributed by atoms with Gasteiger partial charge in [0.25, 0.3) is 0 Å². The van der Waals surface area contributed by atoms with Crippen LogP contribution in [-0.2, 0) is 11.4 Å². The van der Waals surface area contributed by atoms with E-state index in [9.17, 15) is 0 Å². The molecule has 0 spiro atoms. The van der Waals surface area contributed by atoms with E-state index in [2.05, 4.69) is 34.6 Å². The molecule has 0 aromatic heterocycles. The lowest BCUT2D eigenvalue weighted by Crippen LogP contribution is -2.45. The summed E-state index contributed by atoms with van der Waals surface area (Å²) in [5.41, 5.74) is 4.48. The first-order valence-electron chi connectivity index (χ1n) is 7.07. The molecule has 3 nitrogen and oxygen atoms in total. The molecule has 2 unspecified atom stereocenters. The average Bonchev–Trinajstić information content (AvgIpc) is 2.87. The molecule has 98 valence electrons. The highest BCUT2D eigenvalue weighted by molar-refractivity contribution is 5.13. The van der Waals surface area contributed by atoms with Crippen LogP contribution < -0.4 is 5.48 Å². The number of piperidine rings is 1. The molecule has 0 amide bonds. The maximum absolute atomic E-state index is 5.64. The first-order valence-corrected chi connectivity index (χ1v) is 7.07. The van der Waals surface area contributed by atoms with Crippen LogP contribution in [0.4, 0.5) is 0 Å². The Morgan fingerprint density at radius 3 is 2.94 bits per heavy atom. The Morgan fingerprint density at radius 1 is 1.17 bits per heavy atom. The zero-order chi connectivity index (χ0) is 12.2. The molecule has 2 aliphatic heterocycles. The summed E-state index contributed by atoms with van der Waals surface area (Å²) >= 11 is 0. The molecular weight excluding hydrogens is 224 g/mol. The summed E-state index contributed by atoms with van der Waals surface area (Å²) in [5, 5.41) is 0. The summed E-state index contributed by atoms with van der Waals surface area (Å²) in [5.74, 6) is 0. The topological polar surface area (TPSA) is 24.5 Å². The molecular formula is C15H22N2O. The molecule has 1 aromatic carbocycles. The summed E-state index contributed by atoms with van der Waals surface area (Å²) in [6.07, 6.45) is 5.21. The van der Waals surface area contributed by atoms with Gasteiger partial charge in [-0.1, -0.05) is 30.3 Å². The van der Waals surface area contributed by atoms with E-state index in [1.807, 2.05) is 6.07 Å². The number of benzene rings is 1. The second-order valence-corrected chi connectivity index (χ2v) is 5.45. The van der Waals surface area contributed by atoms with Gasteiger partial charge >= 0.3 is 0 Å². The van der Waals surface area contributed by atoms with Crippen molar-refractivity contribution in [2.75, 3.05) is 13.1 Å². The van der Waals surface area contributed by atoms with Crippen LogP contribution in [0.5, 0.6) is 0 Å². The summed E-state index contributed by atoms with van der Waals surface area (Å²) in [6, 6.07) is 11.7. The van der Waals surface area contributed by atoms with Crippen molar-refractivity contribution in [3.63, 3.8) is 0 Å². The molecule has 0 aliphatic carbocycles. The van der Waals surface area contributed by atoms with Crippen LogP contribution in [0.25, 0.3) is 0 Å². The first-order chi connectivity index (χ1) is 8.92. The Kier molecular flexibility index (Phi) is 3.93. The smallest absolute Gasteiger partial charge is 0.0933 e. The van der Waals surface area contributed by atoms with E-state index in [0.717, 1.165) is 6.04 Å². The quantitative estimate of drug-likeness (QED) is 0.825. The zero-order valence-electron chi connectivity index (χ0n) is 10.8. The molecule has 0 saturated carbocycles. The van der Waals surface area contributed by atoms with Gasteiger partial charge in [0, 0.05) is 12.1 Å². The SMILES string of the molecule is c1ccc(CONC2CCN3CCCC3C2)cc1. The van der Waals surface area contributed by atoms with Gasteiger partial charge in [0.1, 0.15) is 0 Å². The summed E-state index contributed by atoms with van der Waals surface area (Å²) in [7, 11) is 0. The minimum absolute atomic E-state index is 0.535. The van der Waals surface area contributed by atoms with Gasteiger partial charge < -0.3 is 4.90 Å². The number of nitrogens with zero attached hydrogens (tertiary/aromatic N) is 1. The summed E-state index contributed by atoms with van der Waals surface area (Å²) in [4.78, 5) is 8.27. The zero-order valence-corrected chi connectivity index (χ0v) is 10.8. The number of hydrogen-bond acceptors (Lipinski definition) is 3. The van der Waals surface area contributed by atoms with Gasteiger partial charge in [0.05, 0.1) is 6.61 Å². The normalized spacial score (nSPS) is 28.2. The van der Waals surface area contributed by atoms with E-state index in [1.165, 1.54) is 44.3 Å². The van der Waals surface area contributed by atoms with Crippen molar-refractivity contribution in [1.29, 1.82) is 0 Å². The molecule has 3 rings (SSSR count). The van der Waals surface area contributed by atoms with Gasteiger partial charge in [-0.2, -0.15) is 5.48 Å². The lowest BCUT2D eigenvalue weighted by Gasteiger charge is -2.34. The highest BCUT2D eigenvalue weighted by Gasteiger charge is 2.31. The maximum atomic E-state index is 5.64. The van der Waals surface area contributed by atoms with Gasteiger partial charge in [-0.3, -0.25) is 4.84 Å². The van der Waals surface area contributed by atoms with Crippen molar-refractivity contribution in [1.82, 2.24) is 10.4 Å². The Bertz CT molecular complexity index is 368. The van der Waals surface area contributed by atoms with Crippen molar-refractivity contribution in [2.45, 2.75) is 44.4 Å². The molecule has 18 heavy (non-hydrogen) atoms. The molecule has 0 bridgehead atoms. The van der Waals surface area contributed by atoms with Crippen molar-refractivity contribution in [3.8, 4) is 0 Å². The predicted molar refractivity (Wildman–Crippen MR) is 72.0 cm³/mol. The molecule has 0 radical (unpaired) electrons. The van der Waals surface area contributed by atoms with Crippen LogP contribution in [0.15, 0.2) is 30.3 Å². The number of fused-ring (bicyclic) bond motifs is 1. The summed E-state index contributed by atoms with van der Waals surface area (Å²) in [6.45, 7) is 3.20. The fourth-order valence-corrected chi connectivity index (χ4v) is 3.15. The van der Waals surface area contributed by atoms with Crippen LogP contribution in [0.2, 0.25) is 0 Å². The minimum atomic E-state index is 0.535. The largest absolute Gasteiger partial charge is 0.300 e. The van der Waals surface area contributed by atoms with Crippen molar-refractivity contribution in [3.05, 3.63) is 35.9 Å². The standard InChI is InChI=1S/C15H22N2O/c1-2-5-13(6-3-1)12-18-16-14-8-10-17-9-4-7-15(17)11-14/h1-3,5-6,14-16H,4,7-12H2. The Hall–Kier alpha value is -0.900. The predicted octanol–water partition coefficient (Wildman–Crippen LogP) is 2.33. The molecule has 2 aliphatic rings. The minimum Gasteiger partial charge on any atom is -0.300 e. The fourth-order valence-electron chi connectivity index (χ4n) is 3.15. The third-order valence-corrected chi connectivity index (χ3v) is 4.15.